The first-order valence-corrected chi connectivity index (χ1v) is 8.81. The number of rotatable bonds is 3. The number of phenolic OH excluding ortho intramolecular Hbond substituents is 1. The van der Waals surface area contributed by atoms with Gasteiger partial charge in [-0.05, 0) is 36.1 Å². The Morgan fingerprint density at radius 2 is 2.10 bits per heavy atom. The van der Waals surface area contributed by atoms with E-state index in [-0.39, 0.29) is 6.04 Å². The van der Waals surface area contributed by atoms with Crippen LogP contribution in [0, 0.1) is 6.92 Å². The fraction of sp³-hybridized carbons (Fsp3) is 0.375. The number of piperazine rings is 1. The minimum Gasteiger partial charge on any atom is -0.507 e. The summed E-state index contributed by atoms with van der Waals surface area (Å²) >= 11 is 5.32. The average Bonchev–Trinajstić information content (AvgIpc) is 2.99. The highest BCUT2D eigenvalue weighted by molar-refractivity contribution is 9.10. The van der Waals surface area contributed by atoms with E-state index in [0.29, 0.717) is 5.75 Å². The van der Waals surface area contributed by atoms with Crippen molar-refractivity contribution >= 4 is 27.3 Å². The molecule has 0 aliphatic carbocycles. The van der Waals surface area contributed by atoms with Gasteiger partial charge < -0.3 is 10.4 Å². The first kappa shape index (κ1) is 15.0. The van der Waals surface area contributed by atoms with E-state index in [1.165, 1.54) is 4.88 Å². The summed E-state index contributed by atoms with van der Waals surface area (Å²) in [5, 5.41) is 16.1. The number of phenols is 1. The molecule has 1 aliphatic rings. The van der Waals surface area contributed by atoms with Crippen LogP contribution in [0.15, 0.2) is 34.1 Å². The molecule has 2 aromatic rings. The Morgan fingerprint density at radius 1 is 1.33 bits per heavy atom. The number of halogens is 1. The highest BCUT2D eigenvalue weighted by Gasteiger charge is 2.27. The van der Waals surface area contributed by atoms with Crippen LogP contribution < -0.4 is 5.32 Å². The molecule has 112 valence electrons. The molecule has 5 heteroatoms. The molecule has 1 saturated heterocycles. The zero-order valence-corrected chi connectivity index (χ0v) is 14.4. The highest BCUT2D eigenvalue weighted by atomic mass is 79.9. The molecular formula is C16H19BrN2OS. The number of aromatic hydroxyl groups is 1. The molecule has 0 saturated carbocycles. The molecule has 1 aromatic heterocycles. The van der Waals surface area contributed by atoms with Crippen LogP contribution in [0.25, 0.3) is 0 Å². The molecule has 0 radical (unpaired) electrons. The third kappa shape index (κ3) is 3.16. The van der Waals surface area contributed by atoms with Crippen molar-refractivity contribution in [2.45, 2.75) is 13.0 Å². The van der Waals surface area contributed by atoms with Gasteiger partial charge in [0.05, 0.1) is 6.04 Å². The summed E-state index contributed by atoms with van der Waals surface area (Å²) in [5.41, 5.74) is 1.90. The molecule has 0 spiro atoms. The maximum Gasteiger partial charge on any atom is 0.123 e. The lowest BCUT2D eigenvalue weighted by molar-refractivity contribution is 0.198. The van der Waals surface area contributed by atoms with Gasteiger partial charge in [0.1, 0.15) is 5.75 Å². The summed E-state index contributed by atoms with van der Waals surface area (Å²) in [4.78, 5) is 3.73. The monoisotopic (exact) mass is 366 g/mol. The van der Waals surface area contributed by atoms with E-state index in [1.807, 2.05) is 13.0 Å². The minimum atomic E-state index is 0.128. The Bertz CT molecular complexity index is 609. The summed E-state index contributed by atoms with van der Waals surface area (Å²) < 4.78 is 1.02. The molecule has 0 unspecified atom stereocenters. The van der Waals surface area contributed by atoms with Crippen molar-refractivity contribution in [3.8, 4) is 5.75 Å². The summed E-state index contributed by atoms with van der Waals surface area (Å²) in [7, 11) is 0. The Morgan fingerprint density at radius 3 is 2.76 bits per heavy atom. The summed E-state index contributed by atoms with van der Waals surface area (Å²) in [6.07, 6.45) is 0. The van der Waals surface area contributed by atoms with Crippen molar-refractivity contribution < 1.29 is 5.11 Å². The van der Waals surface area contributed by atoms with E-state index in [0.717, 1.165) is 41.8 Å². The van der Waals surface area contributed by atoms with E-state index in [1.54, 1.807) is 11.3 Å². The predicted octanol–water partition coefficient (Wildman–Crippen LogP) is 3.52. The van der Waals surface area contributed by atoms with Crippen LogP contribution in [0.2, 0.25) is 0 Å². The van der Waals surface area contributed by atoms with Gasteiger partial charge in [-0.3, -0.25) is 4.90 Å². The van der Waals surface area contributed by atoms with Crippen molar-refractivity contribution in [3.63, 3.8) is 0 Å². The van der Waals surface area contributed by atoms with E-state index >= 15 is 0 Å². The van der Waals surface area contributed by atoms with Crippen LogP contribution in [0.3, 0.4) is 0 Å². The lowest BCUT2D eigenvalue weighted by Crippen LogP contribution is -2.45. The standard InChI is InChI=1S/C16H19BrN2OS/c1-11-9-12(17)10-13(16(11)20)15(14-3-2-8-21-14)19-6-4-18-5-7-19/h2-3,8-10,15,18,20H,4-7H2,1H3/t15-/m0/s1. The average molecular weight is 367 g/mol. The molecule has 2 heterocycles. The second-order valence-electron chi connectivity index (χ2n) is 5.36. The number of thiophene rings is 1. The Hall–Kier alpha value is -0.880. The third-order valence-corrected chi connectivity index (χ3v) is 5.30. The number of nitrogens with zero attached hydrogens (tertiary/aromatic N) is 1. The van der Waals surface area contributed by atoms with Crippen LogP contribution in [0.4, 0.5) is 0 Å². The van der Waals surface area contributed by atoms with Gasteiger partial charge in [-0.1, -0.05) is 22.0 Å². The van der Waals surface area contributed by atoms with Gasteiger partial charge in [0.15, 0.2) is 0 Å². The zero-order valence-electron chi connectivity index (χ0n) is 12.0. The molecule has 21 heavy (non-hydrogen) atoms. The molecule has 0 bridgehead atoms. The van der Waals surface area contributed by atoms with Gasteiger partial charge in [0.25, 0.3) is 0 Å². The largest absolute Gasteiger partial charge is 0.507 e. The number of nitrogens with one attached hydrogen (secondary N) is 1. The summed E-state index contributed by atoms with van der Waals surface area (Å²) in [6.45, 7) is 5.93. The normalized spacial score (nSPS) is 17.8. The van der Waals surface area contributed by atoms with Crippen LogP contribution in [0.1, 0.15) is 22.0 Å². The Balaban J connectivity index is 2.07. The smallest absolute Gasteiger partial charge is 0.123 e. The molecule has 1 aliphatic heterocycles. The molecule has 3 rings (SSSR count). The second-order valence-corrected chi connectivity index (χ2v) is 7.26. The molecule has 0 amide bonds. The topological polar surface area (TPSA) is 35.5 Å². The van der Waals surface area contributed by atoms with Crippen LogP contribution in [-0.4, -0.2) is 36.2 Å². The summed E-state index contributed by atoms with van der Waals surface area (Å²) in [6, 6.07) is 8.38. The number of benzene rings is 1. The van der Waals surface area contributed by atoms with Crippen LogP contribution in [0.5, 0.6) is 5.75 Å². The number of hydrogen-bond acceptors (Lipinski definition) is 4. The molecular weight excluding hydrogens is 348 g/mol. The van der Waals surface area contributed by atoms with E-state index in [4.69, 9.17) is 0 Å². The number of hydrogen-bond donors (Lipinski definition) is 2. The fourth-order valence-corrected chi connectivity index (χ4v) is 4.35. The molecule has 1 atom stereocenters. The Labute approximate surface area is 137 Å². The van der Waals surface area contributed by atoms with Crippen molar-refractivity contribution in [2.24, 2.45) is 0 Å². The van der Waals surface area contributed by atoms with Gasteiger partial charge >= 0.3 is 0 Å². The van der Waals surface area contributed by atoms with Crippen molar-refractivity contribution in [2.75, 3.05) is 26.2 Å². The van der Waals surface area contributed by atoms with E-state index < -0.39 is 0 Å². The van der Waals surface area contributed by atoms with Crippen LogP contribution >= 0.6 is 27.3 Å². The van der Waals surface area contributed by atoms with E-state index in [9.17, 15) is 5.11 Å². The second kappa shape index (κ2) is 6.48. The third-order valence-electron chi connectivity index (χ3n) is 3.92. The quantitative estimate of drug-likeness (QED) is 0.872. The first-order valence-electron chi connectivity index (χ1n) is 7.14. The summed E-state index contributed by atoms with van der Waals surface area (Å²) in [5.74, 6) is 0.412. The first-order chi connectivity index (χ1) is 10.2. The van der Waals surface area contributed by atoms with Gasteiger partial charge in [-0.25, -0.2) is 0 Å². The molecule has 2 N–H and O–H groups in total. The SMILES string of the molecule is Cc1cc(Br)cc([C@@H](c2cccs2)N2CCNCC2)c1O. The minimum absolute atomic E-state index is 0.128. The zero-order chi connectivity index (χ0) is 14.8. The lowest BCUT2D eigenvalue weighted by Gasteiger charge is -2.35. The van der Waals surface area contributed by atoms with Crippen molar-refractivity contribution in [3.05, 3.63) is 50.1 Å². The Kier molecular flexibility index (Phi) is 4.64. The maximum absolute atomic E-state index is 10.6. The lowest BCUT2D eigenvalue weighted by atomic mass is 9.99. The molecule has 1 fully saturated rings. The van der Waals surface area contributed by atoms with Crippen molar-refractivity contribution in [1.29, 1.82) is 0 Å². The van der Waals surface area contributed by atoms with E-state index in [2.05, 4.69) is 49.7 Å². The van der Waals surface area contributed by atoms with Crippen molar-refractivity contribution in [1.82, 2.24) is 10.2 Å². The fourth-order valence-electron chi connectivity index (χ4n) is 2.89. The highest BCUT2D eigenvalue weighted by Crippen LogP contribution is 2.39. The molecule has 1 aromatic carbocycles. The van der Waals surface area contributed by atoms with Crippen LogP contribution in [-0.2, 0) is 0 Å². The predicted molar refractivity (Wildman–Crippen MR) is 91.1 cm³/mol. The van der Waals surface area contributed by atoms with Gasteiger partial charge in [0.2, 0.25) is 0 Å². The molecule has 3 nitrogen and oxygen atoms in total. The van der Waals surface area contributed by atoms with Gasteiger partial charge in [-0.2, -0.15) is 0 Å². The maximum atomic E-state index is 10.6. The number of aryl methyl sites for hydroxylation is 1. The van der Waals surface area contributed by atoms with Gasteiger partial charge in [0, 0.05) is 41.1 Å². The van der Waals surface area contributed by atoms with Gasteiger partial charge in [-0.15, -0.1) is 11.3 Å².